The molecule has 1 rings (SSSR count). The molecule has 1 aliphatic carbocycles. The molecule has 0 aromatic heterocycles. The molecule has 0 aromatic carbocycles. The van der Waals surface area contributed by atoms with Crippen LogP contribution in [0.1, 0.15) is 214 Å². The summed E-state index contributed by atoms with van der Waals surface area (Å²) < 4.78 is 35.2. The maximum absolute atomic E-state index is 12.8. The van der Waals surface area contributed by atoms with Crippen molar-refractivity contribution >= 4 is 23.5 Å². The first-order chi connectivity index (χ1) is 32.8. The summed E-state index contributed by atoms with van der Waals surface area (Å²) in [5, 5.41) is 6.24. The second kappa shape index (κ2) is 46.4. The predicted octanol–water partition coefficient (Wildman–Crippen LogP) is 10.3. The van der Waals surface area contributed by atoms with Crippen LogP contribution >= 0.6 is 0 Å². The number of rotatable bonds is 52. The normalized spacial score (nSPS) is 15.0. The molecular formula is C54H103N3O10. The molecule has 1 aliphatic rings. The summed E-state index contributed by atoms with van der Waals surface area (Å²) in [5.41, 5.74) is 0. The number of Topliss-reactive ketones (excluding diaryl/α,β-unsaturated/α-hetero) is 2. The Morgan fingerprint density at radius 3 is 1.15 bits per heavy atom. The van der Waals surface area contributed by atoms with Crippen LogP contribution in [0.4, 0.5) is 0 Å². The van der Waals surface area contributed by atoms with Gasteiger partial charge in [0.15, 0.2) is 0 Å². The number of carbonyl (C=O) groups excluding carboxylic acids is 4. The largest absolute Gasteiger partial charge is 0.457 e. The van der Waals surface area contributed by atoms with E-state index in [-0.39, 0.29) is 35.7 Å². The van der Waals surface area contributed by atoms with E-state index in [9.17, 15) is 19.2 Å². The van der Waals surface area contributed by atoms with E-state index < -0.39 is 12.1 Å². The third-order valence-corrected chi connectivity index (χ3v) is 12.6. The molecule has 0 bridgehead atoms. The van der Waals surface area contributed by atoms with Crippen molar-refractivity contribution in [3.63, 3.8) is 0 Å². The monoisotopic (exact) mass is 954 g/mol. The van der Waals surface area contributed by atoms with Gasteiger partial charge in [-0.2, -0.15) is 0 Å². The highest BCUT2D eigenvalue weighted by Gasteiger charge is 2.47. The number of unbranched alkanes of at least 4 members (excludes halogenated alkanes) is 20. The van der Waals surface area contributed by atoms with E-state index in [0.29, 0.717) is 72.2 Å². The van der Waals surface area contributed by atoms with Gasteiger partial charge in [-0.25, -0.2) is 0 Å². The lowest BCUT2D eigenvalue weighted by Crippen LogP contribution is -2.68. The fourth-order valence-corrected chi connectivity index (χ4v) is 8.29. The van der Waals surface area contributed by atoms with Gasteiger partial charge in [-0.15, -0.1) is 0 Å². The van der Waals surface area contributed by atoms with E-state index >= 15 is 0 Å². The molecule has 0 spiro atoms. The summed E-state index contributed by atoms with van der Waals surface area (Å²) in [7, 11) is 1.72. The number of hydrogen-bond donors (Lipinski definition) is 2. The van der Waals surface area contributed by atoms with E-state index in [2.05, 4.69) is 43.2 Å². The summed E-state index contributed by atoms with van der Waals surface area (Å²) >= 11 is 0. The molecule has 394 valence electrons. The van der Waals surface area contributed by atoms with Crippen LogP contribution in [0.3, 0.4) is 0 Å². The third kappa shape index (κ3) is 35.7. The quantitative estimate of drug-likeness (QED) is 0.0338. The van der Waals surface area contributed by atoms with Crippen LogP contribution in [0, 0.1) is 0 Å². The highest BCUT2D eigenvalue weighted by molar-refractivity contribution is 6.49. The lowest BCUT2D eigenvalue weighted by Gasteiger charge is -2.33. The molecule has 0 saturated heterocycles. The molecule has 1 saturated carbocycles. The van der Waals surface area contributed by atoms with Crippen molar-refractivity contribution in [3.05, 3.63) is 0 Å². The van der Waals surface area contributed by atoms with Crippen LogP contribution < -0.4 is 10.6 Å². The summed E-state index contributed by atoms with van der Waals surface area (Å²) in [5.74, 6) is -0.999. The molecule has 1 fully saturated rings. The summed E-state index contributed by atoms with van der Waals surface area (Å²) in [6.45, 7) is 16.7. The van der Waals surface area contributed by atoms with Gasteiger partial charge >= 0.3 is 11.9 Å². The third-order valence-electron chi connectivity index (χ3n) is 12.6. The lowest BCUT2D eigenvalue weighted by molar-refractivity contribution is -0.157. The zero-order chi connectivity index (χ0) is 48.8. The highest BCUT2D eigenvalue weighted by atomic mass is 16.6. The molecule has 13 nitrogen and oxygen atoms in total. The van der Waals surface area contributed by atoms with Crippen molar-refractivity contribution in [1.29, 1.82) is 0 Å². The van der Waals surface area contributed by atoms with Crippen LogP contribution in [-0.4, -0.2) is 139 Å². The van der Waals surface area contributed by atoms with Gasteiger partial charge in [0.25, 0.3) is 0 Å². The van der Waals surface area contributed by atoms with Crippen molar-refractivity contribution in [1.82, 2.24) is 15.5 Å². The average molecular weight is 954 g/mol. The van der Waals surface area contributed by atoms with Gasteiger partial charge in [-0.1, -0.05) is 143 Å². The fraction of sp³-hybridized carbons (Fsp3) is 0.926. The van der Waals surface area contributed by atoms with Gasteiger partial charge in [-0.3, -0.25) is 19.2 Å². The van der Waals surface area contributed by atoms with E-state index in [4.69, 9.17) is 28.4 Å². The number of carbonyl (C=O) groups is 4. The van der Waals surface area contributed by atoms with Crippen molar-refractivity contribution in [2.45, 2.75) is 238 Å². The molecule has 2 unspecified atom stereocenters. The molecule has 0 heterocycles. The molecule has 0 radical (unpaired) electrons. The fourth-order valence-electron chi connectivity index (χ4n) is 8.29. The number of esters is 2. The zero-order valence-corrected chi connectivity index (χ0v) is 43.8. The van der Waals surface area contributed by atoms with E-state index in [1.54, 1.807) is 7.05 Å². The smallest absolute Gasteiger partial charge is 0.306 e. The lowest BCUT2D eigenvalue weighted by atomic mass is 9.83. The molecule has 67 heavy (non-hydrogen) atoms. The van der Waals surface area contributed by atoms with Crippen molar-refractivity contribution < 1.29 is 47.6 Å². The topological polar surface area (TPSA) is 151 Å². The van der Waals surface area contributed by atoms with Crippen LogP contribution in [0.5, 0.6) is 0 Å². The Bertz CT molecular complexity index is 1080. The summed E-state index contributed by atoms with van der Waals surface area (Å²) in [4.78, 5) is 52.1. The minimum Gasteiger partial charge on any atom is -0.457 e. The molecule has 2 atom stereocenters. The molecule has 2 N–H and O–H groups in total. The first-order valence-electron chi connectivity index (χ1n) is 27.7. The summed E-state index contributed by atoms with van der Waals surface area (Å²) in [6.07, 6.45) is 29.4. The Balaban J connectivity index is 2.47. The maximum atomic E-state index is 12.8. The van der Waals surface area contributed by atoms with E-state index in [1.165, 1.54) is 51.4 Å². The minimum atomic E-state index is -0.429. The van der Waals surface area contributed by atoms with Gasteiger partial charge in [0, 0.05) is 39.3 Å². The molecule has 0 aliphatic heterocycles. The molecule has 13 heteroatoms. The van der Waals surface area contributed by atoms with Gasteiger partial charge in [0.1, 0.15) is 12.2 Å². The Labute approximate surface area is 409 Å². The second-order valence-corrected chi connectivity index (χ2v) is 18.9. The van der Waals surface area contributed by atoms with Crippen LogP contribution in [-0.2, 0) is 47.6 Å². The van der Waals surface area contributed by atoms with Crippen LogP contribution in [0.25, 0.3) is 0 Å². The minimum absolute atomic E-state index is 0.167. The van der Waals surface area contributed by atoms with Gasteiger partial charge in [-0.05, 0) is 91.0 Å². The number of ether oxygens (including phenoxy) is 6. The number of likely N-dealkylation sites (N-methyl/N-ethyl adjacent to an activating group) is 1. The Hall–Kier alpha value is -2.00. The number of hydrogen-bond acceptors (Lipinski definition) is 13. The second-order valence-electron chi connectivity index (χ2n) is 18.9. The predicted molar refractivity (Wildman–Crippen MR) is 271 cm³/mol. The number of nitrogens with zero attached hydrogens (tertiary/aromatic N) is 1. The van der Waals surface area contributed by atoms with Crippen LogP contribution in [0.2, 0.25) is 0 Å². The standard InChI is InChI=1S/C54H103N3O10/c1-6-10-14-28-39-62-43-47(44-63-40-29-15-11-7-2)66-49(58)33-24-20-18-22-26-36-57(38-32-35-56-52-51(55-5)53(60)54(52)61)37-27-23-19-21-25-34-50(59)67-48(45-64-41-30-16-12-8-3)46-65-42-31-17-13-9-4/h47-48,51-52,55-56H,6-46H2,1-5H3. The van der Waals surface area contributed by atoms with Crippen molar-refractivity contribution in [3.8, 4) is 0 Å². The highest BCUT2D eigenvalue weighted by Crippen LogP contribution is 2.14. The Kier molecular flexibility index (Phi) is 43.6. The van der Waals surface area contributed by atoms with Crippen molar-refractivity contribution in [2.24, 2.45) is 0 Å². The molecule has 0 aromatic rings. The first kappa shape index (κ1) is 63.0. The van der Waals surface area contributed by atoms with Crippen LogP contribution in [0.15, 0.2) is 0 Å². The SMILES string of the molecule is CCCCCCOCC(COCCCCCC)OC(=O)CCCCCCCN(CCCCCCCC(=O)OC(COCCCCCC)COCCCCCC)CCCNC1C(=O)C(=O)C1NC. The van der Waals surface area contributed by atoms with Gasteiger partial charge in [0.2, 0.25) is 11.6 Å². The first-order valence-corrected chi connectivity index (χ1v) is 27.7. The Morgan fingerprint density at radius 1 is 0.448 bits per heavy atom. The van der Waals surface area contributed by atoms with Crippen molar-refractivity contribution in [2.75, 3.05) is 86.1 Å². The maximum Gasteiger partial charge on any atom is 0.306 e. The van der Waals surface area contributed by atoms with Gasteiger partial charge in [0.05, 0.1) is 38.5 Å². The number of nitrogens with one attached hydrogen (secondary N) is 2. The average Bonchev–Trinajstić information content (AvgIpc) is 3.32. The van der Waals surface area contributed by atoms with E-state index in [0.717, 1.165) is 142 Å². The van der Waals surface area contributed by atoms with E-state index in [1.807, 2.05) is 0 Å². The molecular weight excluding hydrogens is 851 g/mol. The molecule has 0 amide bonds. The zero-order valence-electron chi connectivity index (χ0n) is 43.8. The van der Waals surface area contributed by atoms with Gasteiger partial charge < -0.3 is 44.0 Å². The summed E-state index contributed by atoms with van der Waals surface area (Å²) in [6, 6.07) is -0.853. The Morgan fingerprint density at radius 2 is 0.776 bits per heavy atom. The number of ketones is 2.